The number of aromatic carboxylic acids is 1. The van der Waals surface area contributed by atoms with Gasteiger partial charge in [-0.2, -0.15) is 0 Å². The summed E-state index contributed by atoms with van der Waals surface area (Å²) < 4.78 is 5.19. The van der Waals surface area contributed by atoms with E-state index in [0.717, 1.165) is 0 Å². The molecular formula is C12H10ClNO5. The number of nitrogens with two attached hydrogens (primary N) is 1. The maximum Gasteiger partial charge on any atom is 0.372 e. The van der Waals surface area contributed by atoms with Crippen LogP contribution in [0.5, 0.6) is 0 Å². The zero-order chi connectivity index (χ0) is 14.2. The predicted molar refractivity (Wildman–Crippen MR) is 67.5 cm³/mol. The first-order valence-corrected chi connectivity index (χ1v) is 5.71. The summed E-state index contributed by atoms with van der Waals surface area (Å²) in [5.74, 6) is -2.84. The fourth-order valence-corrected chi connectivity index (χ4v) is 2.03. The lowest BCUT2D eigenvalue weighted by atomic mass is 10.0. The van der Waals surface area contributed by atoms with Crippen molar-refractivity contribution in [2.24, 2.45) is 5.73 Å². The van der Waals surface area contributed by atoms with Gasteiger partial charge in [0.15, 0.2) is 5.58 Å². The molecule has 1 aromatic carbocycles. The largest absolute Gasteiger partial charge is 0.480 e. The van der Waals surface area contributed by atoms with Gasteiger partial charge in [-0.05, 0) is 6.07 Å². The Balaban J connectivity index is 2.62. The van der Waals surface area contributed by atoms with Crippen LogP contribution in [-0.2, 0) is 11.2 Å². The lowest BCUT2D eigenvalue weighted by Gasteiger charge is -2.05. The number of carboxylic acid groups (broad SMARTS) is 2. The normalized spacial score (nSPS) is 12.5. The van der Waals surface area contributed by atoms with E-state index in [1.807, 2.05) is 0 Å². The lowest BCUT2D eigenvalue weighted by Crippen LogP contribution is -2.32. The van der Waals surface area contributed by atoms with Gasteiger partial charge in [0.1, 0.15) is 6.04 Å². The number of benzene rings is 1. The molecule has 1 unspecified atom stereocenters. The highest BCUT2D eigenvalue weighted by molar-refractivity contribution is 6.35. The number of para-hydroxylation sites is 1. The molecule has 0 saturated carbocycles. The molecule has 0 aliphatic rings. The van der Waals surface area contributed by atoms with Crippen molar-refractivity contribution in [1.29, 1.82) is 0 Å². The number of carbonyl (C=O) groups is 2. The van der Waals surface area contributed by atoms with Crippen LogP contribution in [0.4, 0.5) is 0 Å². The summed E-state index contributed by atoms with van der Waals surface area (Å²) in [5, 5.41) is 18.6. The van der Waals surface area contributed by atoms with Crippen LogP contribution in [0.2, 0.25) is 5.02 Å². The number of furan rings is 1. The second-order valence-electron chi connectivity index (χ2n) is 3.98. The number of carboxylic acids is 2. The van der Waals surface area contributed by atoms with Crippen molar-refractivity contribution in [2.45, 2.75) is 12.5 Å². The molecule has 1 aromatic heterocycles. The molecule has 0 aliphatic heterocycles. The molecule has 0 fully saturated rings. The van der Waals surface area contributed by atoms with Crippen molar-refractivity contribution in [2.75, 3.05) is 0 Å². The summed E-state index contributed by atoms with van der Waals surface area (Å²) >= 11 is 5.91. The van der Waals surface area contributed by atoms with Gasteiger partial charge in [-0.25, -0.2) is 4.79 Å². The molecule has 19 heavy (non-hydrogen) atoms. The van der Waals surface area contributed by atoms with Crippen LogP contribution in [-0.4, -0.2) is 28.2 Å². The molecule has 7 heteroatoms. The molecule has 0 bridgehead atoms. The fourth-order valence-electron chi connectivity index (χ4n) is 1.82. The minimum atomic E-state index is -1.29. The topological polar surface area (TPSA) is 114 Å². The van der Waals surface area contributed by atoms with E-state index in [1.54, 1.807) is 18.2 Å². The molecule has 2 aromatic rings. The summed E-state index contributed by atoms with van der Waals surface area (Å²) in [6, 6.07) is 3.58. The van der Waals surface area contributed by atoms with E-state index in [0.29, 0.717) is 5.39 Å². The highest BCUT2D eigenvalue weighted by atomic mass is 35.5. The third-order valence-electron chi connectivity index (χ3n) is 2.71. The molecule has 0 saturated heterocycles. The summed E-state index contributed by atoms with van der Waals surface area (Å²) in [7, 11) is 0. The molecule has 6 nitrogen and oxygen atoms in total. The van der Waals surface area contributed by atoms with Crippen LogP contribution >= 0.6 is 11.6 Å². The number of aliphatic carboxylic acids is 1. The van der Waals surface area contributed by atoms with E-state index >= 15 is 0 Å². The van der Waals surface area contributed by atoms with Gasteiger partial charge in [0.25, 0.3) is 0 Å². The van der Waals surface area contributed by atoms with E-state index < -0.39 is 18.0 Å². The summed E-state index contributed by atoms with van der Waals surface area (Å²) in [6.45, 7) is 0. The van der Waals surface area contributed by atoms with Gasteiger partial charge >= 0.3 is 11.9 Å². The quantitative estimate of drug-likeness (QED) is 0.787. The van der Waals surface area contributed by atoms with Gasteiger partial charge in [0.05, 0.1) is 5.02 Å². The smallest absolute Gasteiger partial charge is 0.372 e. The Kier molecular flexibility index (Phi) is 3.46. The predicted octanol–water partition coefficient (Wildman–Crippen LogP) is 1.74. The van der Waals surface area contributed by atoms with Crippen molar-refractivity contribution in [3.8, 4) is 0 Å². The Bertz CT molecular complexity index is 663. The van der Waals surface area contributed by atoms with Gasteiger partial charge in [-0.15, -0.1) is 0 Å². The molecule has 2 rings (SSSR count). The summed E-state index contributed by atoms with van der Waals surface area (Å²) in [4.78, 5) is 21.9. The second kappa shape index (κ2) is 4.91. The van der Waals surface area contributed by atoms with Crippen molar-refractivity contribution in [1.82, 2.24) is 0 Å². The first-order valence-electron chi connectivity index (χ1n) is 5.33. The Morgan fingerprint density at radius 3 is 2.63 bits per heavy atom. The number of rotatable bonds is 4. The molecule has 0 aliphatic carbocycles. The Hall–Kier alpha value is -2.05. The van der Waals surface area contributed by atoms with E-state index in [2.05, 4.69) is 0 Å². The van der Waals surface area contributed by atoms with E-state index in [4.69, 9.17) is 32.0 Å². The average Bonchev–Trinajstić information content (AvgIpc) is 2.70. The van der Waals surface area contributed by atoms with Crippen molar-refractivity contribution >= 4 is 34.5 Å². The van der Waals surface area contributed by atoms with Crippen LogP contribution in [0, 0.1) is 0 Å². The first-order chi connectivity index (χ1) is 8.91. The van der Waals surface area contributed by atoms with Crippen LogP contribution in [0.3, 0.4) is 0 Å². The number of halogens is 1. The average molecular weight is 284 g/mol. The van der Waals surface area contributed by atoms with Gasteiger partial charge in [-0.3, -0.25) is 4.79 Å². The maximum atomic E-state index is 11.1. The second-order valence-corrected chi connectivity index (χ2v) is 4.39. The minimum absolute atomic E-state index is 0.149. The molecule has 0 amide bonds. The van der Waals surface area contributed by atoms with Crippen LogP contribution in [0.1, 0.15) is 16.1 Å². The monoisotopic (exact) mass is 283 g/mol. The summed E-state index contributed by atoms with van der Waals surface area (Å²) in [5.41, 5.74) is 5.89. The third kappa shape index (κ3) is 2.40. The molecule has 0 spiro atoms. The molecule has 4 N–H and O–H groups in total. The molecule has 1 atom stereocenters. The van der Waals surface area contributed by atoms with Crippen LogP contribution in [0.25, 0.3) is 11.0 Å². The van der Waals surface area contributed by atoms with Gasteiger partial charge in [0, 0.05) is 17.4 Å². The van der Waals surface area contributed by atoms with E-state index in [9.17, 15) is 9.59 Å². The first kappa shape index (κ1) is 13.4. The maximum absolute atomic E-state index is 11.1. The number of hydrogen-bond acceptors (Lipinski definition) is 4. The Labute approximate surface area is 112 Å². The van der Waals surface area contributed by atoms with Crippen molar-refractivity contribution in [3.63, 3.8) is 0 Å². The fraction of sp³-hybridized carbons (Fsp3) is 0.167. The highest BCUT2D eigenvalue weighted by Crippen LogP contribution is 2.31. The molecular weight excluding hydrogens is 274 g/mol. The zero-order valence-corrected chi connectivity index (χ0v) is 10.3. The molecule has 100 valence electrons. The standard InChI is InChI=1S/C12H10ClNO5/c13-7-3-1-2-5-6(4-8(14)11(15)16)10(12(17)18)19-9(5)7/h1-3,8H,4,14H2,(H,15,16)(H,17,18). The molecule has 0 radical (unpaired) electrons. The summed E-state index contributed by atoms with van der Waals surface area (Å²) in [6.07, 6.45) is -0.149. The van der Waals surface area contributed by atoms with Crippen LogP contribution < -0.4 is 5.73 Å². The number of fused-ring (bicyclic) bond motifs is 1. The SMILES string of the molecule is NC(Cc1c(C(=O)O)oc2c(Cl)cccc12)C(=O)O. The van der Waals surface area contributed by atoms with Gasteiger partial charge in [0.2, 0.25) is 5.76 Å². The molecule has 1 heterocycles. The zero-order valence-electron chi connectivity index (χ0n) is 9.59. The van der Waals surface area contributed by atoms with Crippen molar-refractivity contribution < 1.29 is 24.2 Å². The van der Waals surface area contributed by atoms with Crippen LogP contribution in [0.15, 0.2) is 22.6 Å². The minimum Gasteiger partial charge on any atom is -0.480 e. The Morgan fingerprint density at radius 1 is 1.37 bits per heavy atom. The van der Waals surface area contributed by atoms with E-state index in [1.165, 1.54) is 0 Å². The van der Waals surface area contributed by atoms with E-state index in [-0.39, 0.29) is 28.4 Å². The Morgan fingerprint density at radius 2 is 2.05 bits per heavy atom. The third-order valence-corrected chi connectivity index (χ3v) is 3.00. The highest BCUT2D eigenvalue weighted by Gasteiger charge is 2.24. The van der Waals surface area contributed by atoms with Gasteiger partial charge in [-0.1, -0.05) is 23.7 Å². The van der Waals surface area contributed by atoms with Crippen molar-refractivity contribution in [3.05, 3.63) is 34.5 Å². The lowest BCUT2D eigenvalue weighted by molar-refractivity contribution is -0.138. The van der Waals surface area contributed by atoms with Gasteiger partial charge < -0.3 is 20.4 Å². The number of hydrogen-bond donors (Lipinski definition) is 3.